The Bertz CT molecular complexity index is 673. The lowest BCUT2D eigenvalue weighted by Crippen LogP contribution is -2.15. The van der Waals surface area contributed by atoms with Gasteiger partial charge in [0.15, 0.2) is 0 Å². The van der Waals surface area contributed by atoms with Gasteiger partial charge in [-0.25, -0.2) is 9.97 Å². The fraction of sp³-hybridized carbons (Fsp3) is 0.600. The number of ether oxygens (including phenoxy) is 1. The molecule has 0 unspecified atom stereocenters. The van der Waals surface area contributed by atoms with Gasteiger partial charge in [0.25, 0.3) is 0 Å². The summed E-state index contributed by atoms with van der Waals surface area (Å²) in [6.45, 7) is 5.27. The van der Waals surface area contributed by atoms with Gasteiger partial charge in [0, 0.05) is 24.4 Å². The lowest BCUT2D eigenvalue weighted by Gasteiger charge is -2.28. The van der Waals surface area contributed by atoms with Crippen molar-refractivity contribution in [3.8, 4) is 16.9 Å². The lowest BCUT2D eigenvalue weighted by atomic mass is 9.78. The van der Waals surface area contributed by atoms with Crippen LogP contribution in [0.4, 0.5) is 0 Å². The largest absolute Gasteiger partial charge is 0.494 e. The van der Waals surface area contributed by atoms with Crippen LogP contribution in [0.5, 0.6) is 5.75 Å². The topological polar surface area (TPSA) is 35.0 Å². The first-order valence-corrected chi connectivity index (χ1v) is 11.3. The Morgan fingerprint density at radius 1 is 0.821 bits per heavy atom. The molecule has 28 heavy (non-hydrogen) atoms. The van der Waals surface area contributed by atoms with Gasteiger partial charge in [-0.05, 0) is 42.4 Å². The lowest BCUT2D eigenvalue weighted by molar-refractivity contribution is 0.251. The first-order valence-electron chi connectivity index (χ1n) is 11.3. The van der Waals surface area contributed by atoms with Crippen LogP contribution in [-0.2, 0) is 6.42 Å². The molecule has 1 aromatic heterocycles. The number of aryl methyl sites for hydroxylation is 1. The molecule has 0 amide bonds. The molecule has 0 saturated heterocycles. The van der Waals surface area contributed by atoms with Gasteiger partial charge < -0.3 is 4.74 Å². The summed E-state index contributed by atoms with van der Waals surface area (Å²) in [5, 5.41) is 0. The van der Waals surface area contributed by atoms with Crippen molar-refractivity contribution in [3.05, 3.63) is 42.5 Å². The summed E-state index contributed by atoms with van der Waals surface area (Å²) in [5.74, 6) is 3.78. The molecule has 0 N–H and O–H groups in total. The van der Waals surface area contributed by atoms with Crippen LogP contribution in [0.1, 0.15) is 77.5 Å². The predicted molar refractivity (Wildman–Crippen MR) is 117 cm³/mol. The van der Waals surface area contributed by atoms with Crippen molar-refractivity contribution in [1.82, 2.24) is 9.97 Å². The Morgan fingerprint density at radius 2 is 1.46 bits per heavy atom. The number of hydrogen-bond acceptors (Lipinski definition) is 3. The second-order valence-electron chi connectivity index (χ2n) is 8.33. The molecule has 0 bridgehead atoms. The molecule has 0 radical (unpaired) electrons. The monoisotopic (exact) mass is 380 g/mol. The Kier molecular flexibility index (Phi) is 8.32. The molecule has 0 atom stereocenters. The summed E-state index contributed by atoms with van der Waals surface area (Å²) in [5.41, 5.74) is 2.22. The van der Waals surface area contributed by atoms with Crippen molar-refractivity contribution in [3.63, 3.8) is 0 Å². The molecule has 2 aromatic rings. The van der Waals surface area contributed by atoms with Crippen LogP contribution in [0.2, 0.25) is 0 Å². The van der Waals surface area contributed by atoms with E-state index in [1.54, 1.807) is 0 Å². The Balaban J connectivity index is 1.46. The van der Waals surface area contributed by atoms with Crippen LogP contribution in [0.3, 0.4) is 0 Å². The minimum absolute atomic E-state index is 0.786. The van der Waals surface area contributed by atoms with Crippen molar-refractivity contribution in [2.45, 2.75) is 78.1 Å². The summed E-state index contributed by atoms with van der Waals surface area (Å²) in [6, 6.07) is 8.25. The molecule has 0 spiro atoms. The maximum absolute atomic E-state index is 5.73. The maximum atomic E-state index is 5.73. The van der Waals surface area contributed by atoms with Crippen LogP contribution < -0.4 is 4.74 Å². The summed E-state index contributed by atoms with van der Waals surface area (Å²) in [7, 11) is 0. The second-order valence-corrected chi connectivity index (χ2v) is 8.33. The van der Waals surface area contributed by atoms with Gasteiger partial charge in [0.05, 0.1) is 6.61 Å². The highest BCUT2D eigenvalue weighted by atomic mass is 16.5. The van der Waals surface area contributed by atoms with E-state index in [9.17, 15) is 0 Å². The number of rotatable bonds is 10. The van der Waals surface area contributed by atoms with Gasteiger partial charge in [-0.2, -0.15) is 0 Å². The summed E-state index contributed by atoms with van der Waals surface area (Å²) in [6.07, 6.45) is 16.8. The molecule has 1 aliphatic rings. The van der Waals surface area contributed by atoms with Crippen molar-refractivity contribution >= 4 is 0 Å². The summed E-state index contributed by atoms with van der Waals surface area (Å²) >= 11 is 0. The van der Waals surface area contributed by atoms with Crippen LogP contribution in [0, 0.1) is 11.8 Å². The molecule has 3 heteroatoms. The Labute approximate surface area is 171 Å². The SMILES string of the molecule is CCCCOc1ccc(-c2cnc(CCC3CCC(CCC)CC3)nc2)cc1. The van der Waals surface area contributed by atoms with Crippen molar-refractivity contribution < 1.29 is 4.74 Å². The quantitative estimate of drug-likeness (QED) is 0.422. The highest BCUT2D eigenvalue weighted by Gasteiger charge is 2.20. The number of aromatic nitrogens is 2. The van der Waals surface area contributed by atoms with E-state index >= 15 is 0 Å². The highest BCUT2D eigenvalue weighted by Crippen LogP contribution is 2.33. The number of nitrogens with zero attached hydrogens (tertiary/aromatic N) is 2. The first-order chi connectivity index (χ1) is 13.8. The van der Waals surface area contributed by atoms with Gasteiger partial charge in [-0.15, -0.1) is 0 Å². The zero-order valence-electron chi connectivity index (χ0n) is 17.7. The minimum Gasteiger partial charge on any atom is -0.494 e. The minimum atomic E-state index is 0.786. The van der Waals surface area contributed by atoms with E-state index in [4.69, 9.17) is 4.74 Å². The fourth-order valence-electron chi connectivity index (χ4n) is 4.26. The second kappa shape index (κ2) is 11.2. The third-order valence-corrected chi connectivity index (χ3v) is 6.10. The highest BCUT2D eigenvalue weighted by molar-refractivity contribution is 5.62. The van der Waals surface area contributed by atoms with Gasteiger partial charge in [-0.1, -0.05) is 70.9 Å². The molecule has 3 rings (SSSR count). The van der Waals surface area contributed by atoms with Gasteiger partial charge in [0.2, 0.25) is 0 Å². The standard InChI is InChI=1S/C25H36N2O/c1-3-5-17-28-24-14-12-22(13-15-24)23-18-26-25(27-19-23)16-11-21-9-7-20(6-4-2)8-10-21/h12-15,18-21H,3-11,16-17H2,1-2H3. The van der Waals surface area contributed by atoms with E-state index in [1.807, 2.05) is 24.5 Å². The molecule has 0 aliphatic heterocycles. The predicted octanol–water partition coefficient (Wildman–Crippen LogP) is 6.86. The summed E-state index contributed by atoms with van der Waals surface area (Å²) in [4.78, 5) is 9.25. The van der Waals surface area contributed by atoms with Crippen molar-refractivity contribution in [2.24, 2.45) is 11.8 Å². The van der Waals surface area contributed by atoms with E-state index in [1.165, 1.54) is 44.9 Å². The van der Waals surface area contributed by atoms with Crippen LogP contribution >= 0.6 is 0 Å². The third kappa shape index (κ3) is 6.32. The molecule has 3 nitrogen and oxygen atoms in total. The third-order valence-electron chi connectivity index (χ3n) is 6.10. The Morgan fingerprint density at radius 3 is 2.07 bits per heavy atom. The van der Waals surface area contributed by atoms with E-state index in [2.05, 4.69) is 35.9 Å². The molecule has 1 fully saturated rings. The van der Waals surface area contributed by atoms with Crippen molar-refractivity contribution in [1.29, 1.82) is 0 Å². The maximum Gasteiger partial charge on any atom is 0.128 e. The van der Waals surface area contributed by atoms with E-state index < -0.39 is 0 Å². The van der Waals surface area contributed by atoms with Gasteiger partial charge in [-0.3, -0.25) is 0 Å². The first kappa shape index (κ1) is 20.8. The van der Waals surface area contributed by atoms with Crippen LogP contribution in [0.15, 0.2) is 36.7 Å². The number of unbranched alkanes of at least 4 members (excludes halogenated alkanes) is 1. The molecule has 1 saturated carbocycles. The number of hydrogen-bond donors (Lipinski definition) is 0. The molecule has 1 aromatic carbocycles. The number of benzene rings is 1. The zero-order chi connectivity index (χ0) is 19.6. The zero-order valence-corrected chi connectivity index (χ0v) is 17.7. The van der Waals surface area contributed by atoms with Gasteiger partial charge >= 0.3 is 0 Å². The van der Waals surface area contributed by atoms with Gasteiger partial charge in [0.1, 0.15) is 11.6 Å². The van der Waals surface area contributed by atoms with Crippen LogP contribution in [0.25, 0.3) is 11.1 Å². The van der Waals surface area contributed by atoms with E-state index in [0.29, 0.717) is 0 Å². The van der Waals surface area contributed by atoms with Crippen LogP contribution in [-0.4, -0.2) is 16.6 Å². The summed E-state index contributed by atoms with van der Waals surface area (Å²) < 4.78 is 5.73. The Hall–Kier alpha value is -1.90. The van der Waals surface area contributed by atoms with E-state index in [-0.39, 0.29) is 0 Å². The van der Waals surface area contributed by atoms with Crippen molar-refractivity contribution in [2.75, 3.05) is 6.61 Å². The fourth-order valence-corrected chi connectivity index (χ4v) is 4.26. The average Bonchev–Trinajstić information content (AvgIpc) is 2.75. The smallest absolute Gasteiger partial charge is 0.128 e. The molecule has 1 heterocycles. The molecular weight excluding hydrogens is 344 g/mol. The normalized spacial score (nSPS) is 19.5. The van der Waals surface area contributed by atoms with E-state index in [0.717, 1.165) is 60.4 Å². The average molecular weight is 381 g/mol. The molecule has 152 valence electrons. The molecular formula is C25H36N2O. The molecule has 1 aliphatic carbocycles.